The number of fused-ring (bicyclic) bond motifs is 1. The van der Waals surface area contributed by atoms with E-state index in [2.05, 4.69) is 10.3 Å². The van der Waals surface area contributed by atoms with E-state index in [1.165, 1.54) is 15.7 Å². The lowest BCUT2D eigenvalue weighted by Crippen LogP contribution is -2.36. The van der Waals surface area contributed by atoms with E-state index in [1.54, 1.807) is 11.6 Å². The van der Waals surface area contributed by atoms with Gasteiger partial charge < -0.3 is 20.5 Å². The monoisotopic (exact) mass is 282 g/mol. The van der Waals surface area contributed by atoms with Gasteiger partial charge in [0.1, 0.15) is 6.20 Å². The second-order valence-corrected chi connectivity index (χ2v) is 5.57. The molecule has 0 amide bonds. The summed E-state index contributed by atoms with van der Waals surface area (Å²) in [6.45, 7) is 0. The highest BCUT2D eigenvalue weighted by molar-refractivity contribution is 7.15. The summed E-state index contributed by atoms with van der Waals surface area (Å²) >= 11 is 1.35. The maximum Gasteiger partial charge on any atom is 0.372 e. The van der Waals surface area contributed by atoms with Crippen molar-refractivity contribution in [2.75, 3.05) is 5.32 Å². The summed E-state index contributed by atoms with van der Waals surface area (Å²) in [5.41, 5.74) is 0. The first kappa shape index (κ1) is 12.4. The maximum absolute atomic E-state index is 11.2. The molecule has 2 atom stereocenters. The number of anilines is 1. The number of rotatable bonds is 3. The lowest BCUT2D eigenvalue weighted by atomic mass is 9.93. The quantitative estimate of drug-likeness (QED) is 0.663. The molecule has 2 unspecified atom stereocenters. The van der Waals surface area contributed by atoms with Crippen LogP contribution in [0.15, 0.2) is 11.6 Å². The van der Waals surface area contributed by atoms with Crippen LogP contribution in [0.25, 0.3) is 4.96 Å². The van der Waals surface area contributed by atoms with Gasteiger partial charge in [-0.3, -0.25) is 0 Å². The molecule has 1 fully saturated rings. The van der Waals surface area contributed by atoms with Crippen LogP contribution in [0, 0.1) is 10.1 Å². The number of nitrogens with zero attached hydrogens (tertiary/aromatic N) is 3. The van der Waals surface area contributed by atoms with Crippen LogP contribution >= 0.6 is 11.3 Å². The summed E-state index contributed by atoms with van der Waals surface area (Å²) in [5, 5.41) is 25.9. The fourth-order valence-corrected chi connectivity index (χ4v) is 3.21. The number of nitrogens with one attached hydrogen (secondary N) is 1. The van der Waals surface area contributed by atoms with Crippen molar-refractivity contribution in [3.8, 4) is 0 Å². The average Bonchev–Trinajstić information content (AvgIpc) is 2.91. The molecular formula is C11H14N4O3S. The van der Waals surface area contributed by atoms with Gasteiger partial charge in [-0.15, -0.1) is 0 Å². The Balaban J connectivity index is 1.93. The fraction of sp³-hybridized carbons (Fsp3) is 0.545. The fourth-order valence-electron chi connectivity index (χ4n) is 2.50. The first-order chi connectivity index (χ1) is 9.16. The molecule has 0 saturated heterocycles. The predicted molar refractivity (Wildman–Crippen MR) is 71.6 cm³/mol. The first-order valence-corrected chi connectivity index (χ1v) is 7.09. The van der Waals surface area contributed by atoms with Gasteiger partial charge >= 0.3 is 5.82 Å². The highest BCUT2D eigenvalue weighted by atomic mass is 32.1. The summed E-state index contributed by atoms with van der Waals surface area (Å²) in [6, 6.07) is -0.156. The molecule has 0 aliphatic heterocycles. The SMILES string of the molecule is O=[N+]([O-])c1c(NC2CCCCC2O)nc2sccn12. The minimum atomic E-state index is -0.465. The summed E-state index contributed by atoms with van der Waals surface area (Å²) in [7, 11) is 0. The summed E-state index contributed by atoms with van der Waals surface area (Å²) in [6.07, 6.45) is 4.73. The van der Waals surface area contributed by atoms with Gasteiger partial charge in [-0.2, -0.15) is 9.38 Å². The van der Waals surface area contributed by atoms with Crippen LogP contribution in [-0.4, -0.2) is 31.6 Å². The topological polar surface area (TPSA) is 92.7 Å². The smallest absolute Gasteiger partial charge is 0.372 e. The second kappa shape index (κ2) is 4.78. The molecule has 1 saturated carbocycles. The van der Waals surface area contributed by atoms with Crippen LogP contribution in [0.2, 0.25) is 0 Å². The van der Waals surface area contributed by atoms with Crippen LogP contribution in [0.4, 0.5) is 11.6 Å². The number of aliphatic hydroxyl groups is 1. The molecule has 1 aliphatic carbocycles. The number of aliphatic hydroxyl groups excluding tert-OH is 1. The van der Waals surface area contributed by atoms with Gasteiger partial charge in [-0.05, 0) is 17.8 Å². The van der Waals surface area contributed by atoms with Crippen LogP contribution in [0.3, 0.4) is 0 Å². The van der Waals surface area contributed by atoms with Gasteiger partial charge in [0.15, 0.2) is 0 Å². The molecule has 2 aromatic rings. The van der Waals surface area contributed by atoms with Gasteiger partial charge in [0, 0.05) is 5.38 Å². The number of aromatic nitrogens is 2. The molecule has 2 aromatic heterocycles. The lowest BCUT2D eigenvalue weighted by molar-refractivity contribution is -0.389. The molecule has 8 heteroatoms. The second-order valence-electron chi connectivity index (χ2n) is 4.70. The van der Waals surface area contributed by atoms with Gasteiger partial charge in [0.2, 0.25) is 5.82 Å². The Hall–Kier alpha value is -1.67. The number of nitro groups is 1. The van der Waals surface area contributed by atoms with Crippen LogP contribution in [-0.2, 0) is 0 Å². The van der Waals surface area contributed by atoms with Crippen LogP contribution in [0.5, 0.6) is 0 Å². The van der Waals surface area contributed by atoms with Crippen LogP contribution < -0.4 is 5.32 Å². The normalized spacial score (nSPS) is 23.6. The Labute approximate surface area is 113 Å². The van der Waals surface area contributed by atoms with Gasteiger partial charge in [-0.1, -0.05) is 24.2 Å². The number of thiazole rings is 1. The molecule has 0 radical (unpaired) electrons. The molecule has 102 valence electrons. The Kier molecular flexibility index (Phi) is 3.11. The minimum Gasteiger partial charge on any atom is -0.391 e. The Morgan fingerprint density at radius 3 is 3.05 bits per heavy atom. The van der Waals surface area contributed by atoms with Crippen LogP contribution in [0.1, 0.15) is 25.7 Å². The van der Waals surface area contributed by atoms with E-state index in [1.807, 2.05) is 0 Å². The zero-order valence-electron chi connectivity index (χ0n) is 10.2. The van der Waals surface area contributed by atoms with Crippen molar-refractivity contribution in [1.29, 1.82) is 0 Å². The van der Waals surface area contributed by atoms with Crippen molar-refractivity contribution in [2.24, 2.45) is 0 Å². The lowest BCUT2D eigenvalue weighted by Gasteiger charge is -2.27. The third-order valence-corrected chi connectivity index (χ3v) is 4.22. The van der Waals surface area contributed by atoms with E-state index in [-0.39, 0.29) is 17.7 Å². The molecule has 19 heavy (non-hydrogen) atoms. The van der Waals surface area contributed by atoms with Crippen molar-refractivity contribution in [3.05, 3.63) is 21.7 Å². The van der Waals surface area contributed by atoms with Crippen molar-refractivity contribution < 1.29 is 10.0 Å². The molecule has 0 bridgehead atoms. The number of imidazole rings is 1. The predicted octanol–water partition coefficient (Wildman–Crippen LogP) is 2.02. The van der Waals surface area contributed by atoms with E-state index >= 15 is 0 Å². The van der Waals surface area contributed by atoms with Crippen molar-refractivity contribution >= 4 is 27.9 Å². The third kappa shape index (κ3) is 2.17. The summed E-state index contributed by atoms with van der Waals surface area (Å²) in [5.74, 6) is 0.192. The molecule has 7 nitrogen and oxygen atoms in total. The Morgan fingerprint density at radius 1 is 1.53 bits per heavy atom. The Morgan fingerprint density at radius 2 is 2.32 bits per heavy atom. The average molecular weight is 282 g/mol. The van der Waals surface area contributed by atoms with Crippen molar-refractivity contribution in [1.82, 2.24) is 9.38 Å². The van der Waals surface area contributed by atoms with Crippen molar-refractivity contribution in [3.63, 3.8) is 0 Å². The largest absolute Gasteiger partial charge is 0.391 e. The molecular weight excluding hydrogens is 268 g/mol. The van der Waals surface area contributed by atoms with Gasteiger partial charge in [0.25, 0.3) is 4.96 Å². The molecule has 0 spiro atoms. The maximum atomic E-state index is 11.2. The Bertz CT molecular complexity index is 608. The summed E-state index contributed by atoms with van der Waals surface area (Å²) in [4.78, 5) is 15.5. The highest BCUT2D eigenvalue weighted by Gasteiger charge is 2.29. The molecule has 3 rings (SSSR count). The van der Waals surface area contributed by atoms with E-state index < -0.39 is 11.0 Å². The minimum absolute atomic E-state index is 0.0611. The number of hydrogen-bond donors (Lipinski definition) is 2. The molecule has 0 aromatic carbocycles. The molecule has 2 heterocycles. The number of hydrogen-bond acceptors (Lipinski definition) is 6. The first-order valence-electron chi connectivity index (χ1n) is 6.21. The standard InChI is InChI=1S/C11H14N4O3S/c16-8-4-2-1-3-7(8)12-9-10(15(17)18)14-5-6-19-11(14)13-9/h5-8,12,16H,1-4H2. The zero-order valence-corrected chi connectivity index (χ0v) is 11.0. The van der Waals surface area contributed by atoms with Gasteiger partial charge in [0.05, 0.1) is 12.1 Å². The van der Waals surface area contributed by atoms with E-state index in [9.17, 15) is 15.2 Å². The zero-order chi connectivity index (χ0) is 13.4. The third-order valence-electron chi connectivity index (χ3n) is 3.46. The van der Waals surface area contributed by atoms with Gasteiger partial charge in [-0.25, -0.2) is 0 Å². The van der Waals surface area contributed by atoms with E-state index in [0.717, 1.165) is 25.7 Å². The van der Waals surface area contributed by atoms with E-state index in [4.69, 9.17) is 0 Å². The highest BCUT2D eigenvalue weighted by Crippen LogP contribution is 2.30. The summed E-state index contributed by atoms with van der Waals surface area (Å²) < 4.78 is 1.46. The molecule has 2 N–H and O–H groups in total. The van der Waals surface area contributed by atoms with Crippen molar-refractivity contribution in [2.45, 2.75) is 37.8 Å². The van der Waals surface area contributed by atoms with E-state index in [0.29, 0.717) is 4.96 Å². The molecule has 1 aliphatic rings.